The number of aliphatic carboxylic acids is 1. The Hall–Kier alpha value is -2.95. The van der Waals surface area contributed by atoms with Crippen LogP contribution in [-0.4, -0.2) is 32.4 Å². The number of hydrogen-bond donors (Lipinski definition) is 1. The molecule has 23 heavy (non-hydrogen) atoms. The topological polar surface area (TPSA) is 65.0 Å². The van der Waals surface area contributed by atoms with Crippen LogP contribution in [0.25, 0.3) is 11.6 Å². The molecule has 0 saturated carbocycles. The van der Waals surface area contributed by atoms with Crippen LogP contribution in [0.2, 0.25) is 0 Å². The van der Waals surface area contributed by atoms with E-state index < -0.39 is 5.97 Å². The first kappa shape index (κ1) is 16.4. The Morgan fingerprint density at radius 3 is 1.83 bits per heavy atom. The molecule has 2 rings (SSSR count). The maximum Gasteiger partial charge on any atom is 0.336 e. The number of ether oxygens (including phenoxy) is 3. The van der Waals surface area contributed by atoms with Crippen molar-refractivity contribution in [2.75, 3.05) is 21.3 Å². The molecule has 0 aliphatic rings. The van der Waals surface area contributed by atoms with Crippen LogP contribution in [0.3, 0.4) is 0 Å². The molecule has 0 aliphatic carbocycles. The first-order valence-corrected chi connectivity index (χ1v) is 6.90. The second kappa shape index (κ2) is 7.35. The highest BCUT2D eigenvalue weighted by Crippen LogP contribution is 2.28. The molecular weight excluding hydrogens is 296 g/mol. The zero-order chi connectivity index (χ0) is 16.8. The fourth-order valence-electron chi connectivity index (χ4n) is 2.10. The Bertz CT molecular complexity index is 694. The van der Waals surface area contributed by atoms with Gasteiger partial charge in [0.1, 0.15) is 17.2 Å². The average Bonchev–Trinajstić information content (AvgIpc) is 2.59. The third-order valence-electron chi connectivity index (χ3n) is 3.32. The van der Waals surface area contributed by atoms with Crippen LogP contribution in [0, 0.1) is 0 Å². The van der Waals surface area contributed by atoms with Crippen molar-refractivity contribution in [2.45, 2.75) is 0 Å². The van der Waals surface area contributed by atoms with Gasteiger partial charge in [-0.1, -0.05) is 12.1 Å². The lowest BCUT2D eigenvalue weighted by Crippen LogP contribution is -2.01. The van der Waals surface area contributed by atoms with Crippen LogP contribution in [0.4, 0.5) is 0 Å². The molecule has 0 aliphatic heterocycles. The number of methoxy groups -OCH3 is 3. The maximum atomic E-state index is 11.7. The maximum absolute atomic E-state index is 11.7. The van der Waals surface area contributed by atoms with E-state index in [0.717, 1.165) is 5.56 Å². The number of hydrogen-bond acceptors (Lipinski definition) is 4. The van der Waals surface area contributed by atoms with E-state index in [-0.39, 0.29) is 5.57 Å². The molecule has 2 aromatic carbocycles. The third kappa shape index (κ3) is 4.03. The van der Waals surface area contributed by atoms with Crippen LogP contribution in [0.1, 0.15) is 11.1 Å². The van der Waals surface area contributed by atoms with Gasteiger partial charge in [0.2, 0.25) is 0 Å². The van der Waals surface area contributed by atoms with Gasteiger partial charge in [-0.2, -0.15) is 0 Å². The van der Waals surface area contributed by atoms with Crippen LogP contribution in [0.5, 0.6) is 17.2 Å². The van der Waals surface area contributed by atoms with Crippen molar-refractivity contribution in [3.63, 3.8) is 0 Å². The SMILES string of the molecule is COc1ccc(C=C(C(=O)O)c2cc(OC)cc(OC)c2)cc1. The van der Waals surface area contributed by atoms with Crippen molar-refractivity contribution in [3.05, 3.63) is 53.6 Å². The molecule has 0 aromatic heterocycles. The highest BCUT2D eigenvalue weighted by atomic mass is 16.5. The van der Waals surface area contributed by atoms with Gasteiger partial charge >= 0.3 is 5.97 Å². The largest absolute Gasteiger partial charge is 0.497 e. The van der Waals surface area contributed by atoms with Gasteiger partial charge in [0, 0.05) is 6.07 Å². The van der Waals surface area contributed by atoms with Gasteiger partial charge in [0.25, 0.3) is 0 Å². The minimum atomic E-state index is -1.03. The molecule has 0 radical (unpaired) electrons. The molecular formula is C18H18O5. The molecule has 5 heteroatoms. The van der Waals surface area contributed by atoms with E-state index in [1.807, 2.05) is 0 Å². The van der Waals surface area contributed by atoms with E-state index in [1.165, 1.54) is 14.2 Å². The van der Waals surface area contributed by atoms with E-state index in [0.29, 0.717) is 22.8 Å². The highest BCUT2D eigenvalue weighted by Gasteiger charge is 2.13. The number of carboxylic acid groups (broad SMARTS) is 1. The molecule has 0 fully saturated rings. The standard InChI is InChI=1S/C18H18O5/c1-21-14-6-4-12(5-7-14)8-17(18(19)20)13-9-15(22-2)11-16(10-13)23-3/h4-11H,1-3H3,(H,19,20). The van der Waals surface area contributed by atoms with Crippen molar-refractivity contribution < 1.29 is 24.1 Å². The smallest absolute Gasteiger partial charge is 0.336 e. The van der Waals surface area contributed by atoms with Crippen molar-refractivity contribution in [2.24, 2.45) is 0 Å². The van der Waals surface area contributed by atoms with Gasteiger partial charge in [-0.25, -0.2) is 4.79 Å². The van der Waals surface area contributed by atoms with Crippen molar-refractivity contribution in [1.82, 2.24) is 0 Å². The third-order valence-corrected chi connectivity index (χ3v) is 3.32. The number of carboxylic acids is 1. The van der Waals surface area contributed by atoms with Crippen LogP contribution in [-0.2, 0) is 4.79 Å². The van der Waals surface area contributed by atoms with Crippen LogP contribution in [0.15, 0.2) is 42.5 Å². The van der Waals surface area contributed by atoms with E-state index in [1.54, 1.807) is 55.7 Å². The molecule has 0 bridgehead atoms. The van der Waals surface area contributed by atoms with Gasteiger partial charge in [-0.15, -0.1) is 0 Å². The minimum Gasteiger partial charge on any atom is -0.497 e. The summed E-state index contributed by atoms with van der Waals surface area (Å²) in [6, 6.07) is 12.1. The number of benzene rings is 2. The normalized spacial score (nSPS) is 11.0. The molecule has 0 heterocycles. The lowest BCUT2D eigenvalue weighted by atomic mass is 10.0. The predicted molar refractivity (Wildman–Crippen MR) is 88.0 cm³/mol. The zero-order valence-corrected chi connectivity index (χ0v) is 13.2. The van der Waals surface area contributed by atoms with Gasteiger partial charge in [-0.3, -0.25) is 0 Å². The molecule has 0 amide bonds. The summed E-state index contributed by atoms with van der Waals surface area (Å²) in [5.41, 5.74) is 1.40. The summed E-state index contributed by atoms with van der Waals surface area (Å²) in [5.74, 6) is 0.737. The second-order valence-electron chi connectivity index (χ2n) is 4.74. The van der Waals surface area contributed by atoms with E-state index in [4.69, 9.17) is 14.2 Å². The molecule has 0 saturated heterocycles. The lowest BCUT2D eigenvalue weighted by Gasteiger charge is -2.09. The van der Waals surface area contributed by atoms with E-state index in [9.17, 15) is 9.90 Å². The molecule has 0 spiro atoms. The van der Waals surface area contributed by atoms with E-state index >= 15 is 0 Å². The first-order valence-electron chi connectivity index (χ1n) is 6.90. The van der Waals surface area contributed by atoms with Crippen LogP contribution >= 0.6 is 0 Å². The van der Waals surface area contributed by atoms with Gasteiger partial charge in [0.15, 0.2) is 0 Å². The summed E-state index contributed by atoms with van der Waals surface area (Å²) in [7, 11) is 4.62. The Kier molecular flexibility index (Phi) is 5.25. The monoisotopic (exact) mass is 314 g/mol. The molecule has 0 unspecified atom stereocenters. The summed E-state index contributed by atoms with van der Waals surface area (Å²) in [5, 5.41) is 9.54. The molecule has 120 valence electrons. The number of carbonyl (C=O) groups is 1. The Morgan fingerprint density at radius 1 is 0.870 bits per heavy atom. The molecule has 5 nitrogen and oxygen atoms in total. The Labute approximate surface area is 134 Å². The molecule has 1 N–H and O–H groups in total. The van der Waals surface area contributed by atoms with Crippen molar-refractivity contribution in [3.8, 4) is 17.2 Å². The summed E-state index contributed by atoms with van der Waals surface area (Å²) >= 11 is 0. The average molecular weight is 314 g/mol. The molecule has 2 aromatic rings. The minimum absolute atomic E-state index is 0.146. The van der Waals surface area contributed by atoms with Crippen molar-refractivity contribution in [1.29, 1.82) is 0 Å². The summed E-state index contributed by atoms with van der Waals surface area (Å²) < 4.78 is 15.5. The first-order chi connectivity index (χ1) is 11.1. The summed E-state index contributed by atoms with van der Waals surface area (Å²) in [4.78, 5) is 11.7. The van der Waals surface area contributed by atoms with Gasteiger partial charge < -0.3 is 19.3 Å². The van der Waals surface area contributed by atoms with E-state index in [2.05, 4.69) is 0 Å². The fourth-order valence-corrected chi connectivity index (χ4v) is 2.10. The van der Waals surface area contributed by atoms with Crippen LogP contribution < -0.4 is 14.2 Å². The lowest BCUT2D eigenvalue weighted by molar-refractivity contribution is -0.130. The van der Waals surface area contributed by atoms with Gasteiger partial charge in [-0.05, 0) is 41.5 Å². The quantitative estimate of drug-likeness (QED) is 0.654. The van der Waals surface area contributed by atoms with Crippen molar-refractivity contribution >= 4 is 17.6 Å². The molecule has 0 atom stereocenters. The number of rotatable bonds is 6. The highest BCUT2D eigenvalue weighted by molar-refractivity contribution is 6.20. The van der Waals surface area contributed by atoms with Gasteiger partial charge in [0.05, 0.1) is 26.9 Å². The summed E-state index contributed by atoms with van der Waals surface area (Å²) in [6.07, 6.45) is 1.59. The Morgan fingerprint density at radius 2 is 1.39 bits per heavy atom. The fraction of sp³-hybridized carbons (Fsp3) is 0.167. The Balaban J connectivity index is 2.49. The predicted octanol–water partition coefficient (Wildman–Crippen LogP) is 3.34. The second-order valence-corrected chi connectivity index (χ2v) is 4.74. The zero-order valence-electron chi connectivity index (χ0n) is 13.2. The summed E-state index contributed by atoms with van der Waals surface area (Å²) in [6.45, 7) is 0.